The molecule has 620 valence electrons. The molecule has 0 saturated heterocycles. The second-order valence-electron chi connectivity index (χ2n) is 28.1. The molecule has 0 aliphatic heterocycles. The van der Waals surface area contributed by atoms with Gasteiger partial charge < -0.3 is 33.8 Å². The molecule has 5 atom stereocenters. The molecule has 2 unspecified atom stereocenters. The highest BCUT2D eigenvalue weighted by atomic mass is 31.2. The van der Waals surface area contributed by atoms with Crippen molar-refractivity contribution in [3.8, 4) is 0 Å². The Morgan fingerprint density at radius 3 is 0.815 bits per heavy atom. The Morgan fingerprint density at radius 2 is 0.500 bits per heavy atom. The highest BCUT2D eigenvalue weighted by Crippen LogP contribution is 2.45. The van der Waals surface area contributed by atoms with E-state index in [9.17, 15) is 43.2 Å². The Bertz CT molecular complexity index is 2560. The zero-order valence-corrected chi connectivity index (χ0v) is 69.8. The maximum Gasteiger partial charge on any atom is 0.472 e. The minimum atomic E-state index is -5.00. The van der Waals surface area contributed by atoms with Crippen LogP contribution in [0.15, 0.2) is 134 Å². The molecule has 0 saturated carbocycles. The maximum atomic E-state index is 13.1. The quantitative estimate of drug-likeness (QED) is 0.0169. The van der Waals surface area contributed by atoms with Gasteiger partial charge in [0.25, 0.3) is 0 Å². The van der Waals surface area contributed by atoms with E-state index in [0.717, 1.165) is 109 Å². The number of phosphoric ester groups is 2. The van der Waals surface area contributed by atoms with Crippen LogP contribution >= 0.6 is 15.6 Å². The van der Waals surface area contributed by atoms with Gasteiger partial charge in [-0.25, -0.2) is 9.13 Å². The molecule has 0 aromatic rings. The van der Waals surface area contributed by atoms with E-state index in [4.69, 9.17) is 37.0 Å². The molecule has 0 spiro atoms. The molecular weight excluding hydrogens is 1400 g/mol. The third-order valence-electron chi connectivity index (χ3n) is 17.7. The Hall–Kier alpha value is -4.80. The van der Waals surface area contributed by atoms with E-state index in [1.165, 1.54) is 148 Å². The van der Waals surface area contributed by atoms with Crippen LogP contribution in [0.1, 0.15) is 349 Å². The smallest absolute Gasteiger partial charge is 0.462 e. The van der Waals surface area contributed by atoms with Crippen LogP contribution in [0.3, 0.4) is 0 Å². The lowest BCUT2D eigenvalue weighted by Gasteiger charge is -2.21. The lowest BCUT2D eigenvalue weighted by Crippen LogP contribution is -2.30. The third-order valence-corrected chi connectivity index (χ3v) is 19.6. The number of hydrogen-bond donors (Lipinski definition) is 3. The number of aliphatic hydroxyl groups is 1. The van der Waals surface area contributed by atoms with Gasteiger partial charge in [0.15, 0.2) is 12.2 Å². The van der Waals surface area contributed by atoms with Crippen LogP contribution in [0.2, 0.25) is 0 Å². The molecular formula is C89H152O17P2. The first-order valence-corrected chi connectivity index (χ1v) is 45.4. The third kappa shape index (κ3) is 79.3. The molecule has 17 nitrogen and oxygen atoms in total. The average Bonchev–Trinajstić information content (AvgIpc) is 0.914. The summed E-state index contributed by atoms with van der Waals surface area (Å²) >= 11 is 0. The summed E-state index contributed by atoms with van der Waals surface area (Å²) in [6.07, 6.45) is 91.6. The van der Waals surface area contributed by atoms with E-state index >= 15 is 0 Å². The van der Waals surface area contributed by atoms with Crippen LogP contribution in [-0.2, 0) is 65.4 Å². The van der Waals surface area contributed by atoms with E-state index in [0.29, 0.717) is 38.5 Å². The number of ether oxygens (including phenoxy) is 4. The van der Waals surface area contributed by atoms with Crippen molar-refractivity contribution in [3.05, 3.63) is 134 Å². The highest BCUT2D eigenvalue weighted by Gasteiger charge is 2.30. The molecule has 3 N–H and O–H groups in total. The monoisotopic (exact) mass is 1560 g/mol. The van der Waals surface area contributed by atoms with E-state index in [1.54, 1.807) is 0 Å². The number of allylic oxidation sites excluding steroid dienone is 22. The van der Waals surface area contributed by atoms with Gasteiger partial charge in [0.1, 0.15) is 19.3 Å². The minimum Gasteiger partial charge on any atom is -0.462 e. The summed E-state index contributed by atoms with van der Waals surface area (Å²) in [5, 5.41) is 10.7. The summed E-state index contributed by atoms with van der Waals surface area (Å²) in [5.41, 5.74) is 0. The first-order chi connectivity index (χ1) is 52.7. The van der Waals surface area contributed by atoms with Crippen molar-refractivity contribution in [2.75, 3.05) is 39.6 Å². The van der Waals surface area contributed by atoms with Crippen LogP contribution in [0, 0.1) is 0 Å². The first kappa shape index (κ1) is 103. The number of esters is 4. The zero-order chi connectivity index (χ0) is 78.9. The van der Waals surface area contributed by atoms with Crippen molar-refractivity contribution in [1.29, 1.82) is 0 Å². The summed E-state index contributed by atoms with van der Waals surface area (Å²) in [6, 6.07) is 0. The van der Waals surface area contributed by atoms with Crippen molar-refractivity contribution in [2.24, 2.45) is 0 Å². The molecule has 0 aromatic heterocycles. The van der Waals surface area contributed by atoms with Crippen molar-refractivity contribution in [2.45, 2.75) is 367 Å². The zero-order valence-electron chi connectivity index (χ0n) is 68.0. The number of unbranched alkanes of at least 4 members (excludes halogenated alkanes) is 31. The van der Waals surface area contributed by atoms with Gasteiger partial charge in [0.05, 0.1) is 26.4 Å². The summed E-state index contributed by atoms with van der Waals surface area (Å²) in [5.74, 6) is -2.35. The fraction of sp³-hybridized carbons (Fsp3) is 0.708. The molecule has 0 amide bonds. The van der Waals surface area contributed by atoms with Crippen LogP contribution in [0.5, 0.6) is 0 Å². The Kier molecular flexibility index (Phi) is 76.7. The van der Waals surface area contributed by atoms with Gasteiger partial charge in [-0.3, -0.25) is 37.3 Å². The van der Waals surface area contributed by atoms with E-state index in [1.807, 2.05) is 36.5 Å². The number of hydrogen-bond acceptors (Lipinski definition) is 15. The Labute approximate surface area is 656 Å². The Morgan fingerprint density at radius 1 is 0.269 bits per heavy atom. The number of carbonyl (C=O) groups excluding carboxylic acids is 4. The molecule has 0 bridgehead atoms. The fourth-order valence-electron chi connectivity index (χ4n) is 11.2. The van der Waals surface area contributed by atoms with Gasteiger partial charge in [0, 0.05) is 25.7 Å². The Balaban J connectivity index is 5.48. The SMILES string of the molecule is CC/C=C\C/C=C\C/C=C\C/C=C\C/C=C\C/C=C\CCC(=O)OC[C@H](COP(=O)(O)OC[C@@H](O)COP(=O)(O)OC[C@@H](COC(=O)CCCCCCCCCCCCCCCCC)OC(=O)CC/C=C\C/C=C\C/C=C\C/C=C\C/C=C\CCCCC)OC(=O)CCCCCCCCCCCCCCCCC. The first-order valence-electron chi connectivity index (χ1n) is 42.4. The lowest BCUT2D eigenvalue weighted by atomic mass is 10.0. The number of aliphatic hydroxyl groups excluding tert-OH is 1. The van der Waals surface area contributed by atoms with Crippen molar-refractivity contribution in [1.82, 2.24) is 0 Å². The molecule has 19 heteroatoms. The van der Waals surface area contributed by atoms with Crippen molar-refractivity contribution < 1.29 is 80.2 Å². The predicted octanol–water partition coefficient (Wildman–Crippen LogP) is 25.2. The molecule has 0 radical (unpaired) electrons. The van der Waals surface area contributed by atoms with Crippen LogP contribution < -0.4 is 0 Å². The standard InChI is InChI=1S/C89H152O17P2/c1-5-9-13-17-21-25-29-33-37-39-41-43-47-50-54-58-62-66-70-74-87(92)100-80-84(105-88(93)75-71-67-63-59-55-51-46-36-32-28-24-20-16-12-8-4)81-103-107(95,96)101-77-83(90)78-102-108(97,98)104-82-85(79-99-86(91)73-69-65-61-57-53-49-45-35-31-27-23-19-15-11-7-3)106-89(94)76-72-68-64-60-56-52-48-44-42-40-38-34-30-26-22-18-14-10-6-2/h9,13,21-22,25-26,33-34,37-38,41-44,50,52,54,56,62,64,66,68,83-85,90H,5-8,10-12,14-20,23-24,27-32,35-36,39-40,45-49,51,53,55,57-61,63,65,67,69-82H2,1-4H3,(H,95,96)(H,97,98)/b13-9-,25-21-,26-22-,37-33-,38-34-,43-41-,44-42-,54-50-,56-52-,66-62-,68-64-/t83-,84-,85-/m1/s1. The molecule has 0 heterocycles. The van der Waals surface area contributed by atoms with Gasteiger partial charge >= 0.3 is 39.5 Å². The van der Waals surface area contributed by atoms with Gasteiger partial charge in [-0.2, -0.15) is 0 Å². The molecule has 0 aromatic carbocycles. The largest absolute Gasteiger partial charge is 0.472 e. The van der Waals surface area contributed by atoms with Gasteiger partial charge in [-0.05, 0) is 103 Å². The normalized spacial score (nSPS) is 14.5. The molecule has 0 rings (SSSR count). The highest BCUT2D eigenvalue weighted by molar-refractivity contribution is 7.47. The van der Waals surface area contributed by atoms with Crippen molar-refractivity contribution in [3.63, 3.8) is 0 Å². The van der Waals surface area contributed by atoms with Crippen LogP contribution in [0.25, 0.3) is 0 Å². The predicted molar refractivity (Wildman–Crippen MR) is 445 cm³/mol. The topological polar surface area (TPSA) is 237 Å². The summed E-state index contributed by atoms with van der Waals surface area (Å²) in [7, 11) is -10.0. The molecule has 0 aliphatic carbocycles. The number of rotatable bonds is 79. The van der Waals surface area contributed by atoms with E-state index in [-0.39, 0.29) is 25.7 Å². The molecule has 0 aliphatic rings. The van der Waals surface area contributed by atoms with Gasteiger partial charge in [-0.15, -0.1) is 0 Å². The van der Waals surface area contributed by atoms with E-state index < -0.39 is 97.5 Å². The average molecular weight is 1560 g/mol. The van der Waals surface area contributed by atoms with Crippen LogP contribution in [0.4, 0.5) is 0 Å². The number of phosphoric acid groups is 2. The second-order valence-corrected chi connectivity index (χ2v) is 31.0. The minimum absolute atomic E-state index is 0.0300. The lowest BCUT2D eigenvalue weighted by molar-refractivity contribution is -0.161. The maximum absolute atomic E-state index is 13.1. The second kappa shape index (κ2) is 80.3. The van der Waals surface area contributed by atoms with Crippen LogP contribution in [-0.4, -0.2) is 96.7 Å². The molecule has 0 fully saturated rings. The summed E-state index contributed by atoms with van der Waals surface area (Å²) in [6.45, 7) is 4.62. The number of carbonyl (C=O) groups is 4. The summed E-state index contributed by atoms with van der Waals surface area (Å²) < 4.78 is 68.6. The van der Waals surface area contributed by atoms with Crippen molar-refractivity contribution >= 4 is 39.5 Å². The fourth-order valence-corrected chi connectivity index (χ4v) is 12.8. The van der Waals surface area contributed by atoms with Gasteiger partial charge in [0.2, 0.25) is 0 Å². The van der Waals surface area contributed by atoms with Gasteiger partial charge in [-0.1, -0.05) is 354 Å². The molecule has 108 heavy (non-hydrogen) atoms. The van der Waals surface area contributed by atoms with E-state index in [2.05, 4.69) is 125 Å². The summed E-state index contributed by atoms with van der Waals surface area (Å²) in [4.78, 5) is 73.1.